The number of hydrogen-bond donors (Lipinski definition) is 0. The second-order valence-electron chi connectivity index (χ2n) is 7.24. The number of aromatic nitrogens is 1. The SMILES string of the molecule is C/C(=C\n1c2c(c3cc(C)ccc31)CN(C)CC2)c1ccc(Cl)cc1Cl. The van der Waals surface area contributed by atoms with Crippen molar-refractivity contribution >= 4 is 45.9 Å². The molecule has 4 heteroatoms. The Morgan fingerprint density at radius 2 is 1.92 bits per heavy atom. The minimum absolute atomic E-state index is 0.661. The van der Waals surface area contributed by atoms with Gasteiger partial charge in [0, 0.05) is 46.8 Å². The fourth-order valence-electron chi connectivity index (χ4n) is 3.86. The molecule has 26 heavy (non-hydrogen) atoms. The van der Waals surface area contributed by atoms with E-state index in [1.54, 1.807) is 6.07 Å². The average Bonchev–Trinajstić information content (AvgIpc) is 2.87. The first-order valence-corrected chi connectivity index (χ1v) is 9.64. The molecule has 0 radical (unpaired) electrons. The molecular formula is C22H22Cl2N2. The van der Waals surface area contributed by atoms with Crippen LogP contribution in [0.15, 0.2) is 36.4 Å². The van der Waals surface area contributed by atoms with E-state index in [1.807, 2.05) is 12.1 Å². The number of halogens is 2. The number of rotatable bonds is 2. The lowest BCUT2D eigenvalue weighted by Gasteiger charge is -2.23. The van der Waals surface area contributed by atoms with Gasteiger partial charge < -0.3 is 9.47 Å². The second-order valence-corrected chi connectivity index (χ2v) is 8.08. The van der Waals surface area contributed by atoms with Gasteiger partial charge in [0.15, 0.2) is 0 Å². The van der Waals surface area contributed by atoms with Crippen molar-refractivity contribution in [3.05, 3.63) is 68.8 Å². The molecule has 0 N–H and O–H groups in total. The summed E-state index contributed by atoms with van der Waals surface area (Å²) in [6.07, 6.45) is 3.27. The molecule has 0 bridgehead atoms. The van der Waals surface area contributed by atoms with Crippen molar-refractivity contribution in [3.8, 4) is 0 Å². The Labute approximate surface area is 164 Å². The summed E-state index contributed by atoms with van der Waals surface area (Å²) in [4.78, 5) is 2.39. The molecule has 3 aromatic rings. The number of benzene rings is 2. The minimum atomic E-state index is 0.661. The van der Waals surface area contributed by atoms with Crippen molar-refractivity contribution in [2.24, 2.45) is 0 Å². The highest BCUT2D eigenvalue weighted by molar-refractivity contribution is 6.35. The van der Waals surface area contributed by atoms with E-state index in [2.05, 4.69) is 54.8 Å². The number of hydrogen-bond acceptors (Lipinski definition) is 1. The molecule has 0 atom stereocenters. The maximum atomic E-state index is 6.42. The predicted octanol–water partition coefficient (Wildman–Crippen LogP) is 6.26. The molecule has 4 rings (SSSR count). The van der Waals surface area contributed by atoms with Gasteiger partial charge in [-0.05, 0) is 61.9 Å². The maximum absolute atomic E-state index is 6.42. The van der Waals surface area contributed by atoms with E-state index < -0.39 is 0 Å². The van der Waals surface area contributed by atoms with Crippen molar-refractivity contribution in [2.45, 2.75) is 26.8 Å². The summed E-state index contributed by atoms with van der Waals surface area (Å²) in [6.45, 7) is 6.34. The van der Waals surface area contributed by atoms with E-state index in [0.717, 1.165) is 30.6 Å². The molecule has 1 aliphatic rings. The minimum Gasteiger partial charge on any atom is -0.320 e. The predicted molar refractivity (Wildman–Crippen MR) is 113 cm³/mol. The Kier molecular flexibility index (Phi) is 4.60. The number of allylic oxidation sites excluding steroid dienone is 1. The van der Waals surface area contributed by atoms with E-state index in [4.69, 9.17) is 23.2 Å². The van der Waals surface area contributed by atoms with Crippen molar-refractivity contribution in [3.63, 3.8) is 0 Å². The van der Waals surface area contributed by atoms with Gasteiger partial charge in [-0.3, -0.25) is 0 Å². The van der Waals surface area contributed by atoms with Crippen molar-refractivity contribution in [2.75, 3.05) is 13.6 Å². The summed E-state index contributed by atoms with van der Waals surface area (Å²) in [5.74, 6) is 0. The van der Waals surface area contributed by atoms with Gasteiger partial charge in [-0.25, -0.2) is 0 Å². The monoisotopic (exact) mass is 384 g/mol. The molecule has 0 fully saturated rings. The first-order valence-electron chi connectivity index (χ1n) is 8.88. The Morgan fingerprint density at radius 3 is 2.69 bits per heavy atom. The smallest absolute Gasteiger partial charge is 0.0529 e. The quantitative estimate of drug-likeness (QED) is 0.505. The normalized spacial score (nSPS) is 15.5. The molecule has 134 valence electrons. The van der Waals surface area contributed by atoms with Gasteiger partial charge in [-0.15, -0.1) is 0 Å². The largest absolute Gasteiger partial charge is 0.320 e. The standard InChI is InChI=1S/C22H22Cl2N2/c1-14-4-7-21-18(10-14)19-13-25(3)9-8-22(19)26(21)12-15(2)17-6-5-16(23)11-20(17)24/h4-7,10-12H,8-9,13H2,1-3H3/b15-12+. The summed E-state index contributed by atoms with van der Waals surface area (Å²) in [5, 5.41) is 2.71. The van der Waals surface area contributed by atoms with Gasteiger partial charge >= 0.3 is 0 Å². The highest BCUT2D eigenvalue weighted by Gasteiger charge is 2.22. The fraction of sp³-hybridized carbons (Fsp3) is 0.273. The zero-order valence-corrected chi connectivity index (χ0v) is 16.8. The molecule has 0 saturated carbocycles. The van der Waals surface area contributed by atoms with E-state index in [1.165, 1.54) is 27.7 Å². The van der Waals surface area contributed by atoms with Crippen molar-refractivity contribution in [1.29, 1.82) is 0 Å². The van der Waals surface area contributed by atoms with Gasteiger partial charge in [0.25, 0.3) is 0 Å². The van der Waals surface area contributed by atoms with Crippen LogP contribution in [0, 0.1) is 6.92 Å². The Hall–Kier alpha value is -1.74. The first kappa shape index (κ1) is 17.7. The number of fused-ring (bicyclic) bond motifs is 3. The molecule has 1 aromatic heterocycles. The summed E-state index contributed by atoms with van der Waals surface area (Å²) in [7, 11) is 2.19. The molecule has 0 spiro atoms. The average molecular weight is 385 g/mol. The lowest BCUT2D eigenvalue weighted by atomic mass is 10.0. The summed E-state index contributed by atoms with van der Waals surface area (Å²) in [6, 6.07) is 12.4. The van der Waals surface area contributed by atoms with E-state index in [0.29, 0.717) is 10.0 Å². The number of aryl methyl sites for hydroxylation is 1. The van der Waals surface area contributed by atoms with Gasteiger partial charge in [0.05, 0.1) is 5.52 Å². The Balaban J connectivity index is 1.91. The molecule has 1 aliphatic heterocycles. The van der Waals surface area contributed by atoms with Crippen LogP contribution < -0.4 is 0 Å². The zero-order valence-electron chi connectivity index (χ0n) is 15.3. The fourth-order valence-corrected chi connectivity index (χ4v) is 4.42. The highest BCUT2D eigenvalue weighted by Crippen LogP contribution is 2.34. The van der Waals surface area contributed by atoms with Crippen LogP contribution in [-0.2, 0) is 13.0 Å². The van der Waals surface area contributed by atoms with Crippen molar-refractivity contribution in [1.82, 2.24) is 9.47 Å². The van der Waals surface area contributed by atoms with Crippen LogP contribution in [0.3, 0.4) is 0 Å². The summed E-state index contributed by atoms with van der Waals surface area (Å²) < 4.78 is 2.36. The topological polar surface area (TPSA) is 8.17 Å². The molecular weight excluding hydrogens is 363 g/mol. The maximum Gasteiger partial charge on any atom is 0.0529 e. The molecule has 0 aliphatic carbocycles. The third-order valence-electron chi connectivity index (χ3n) is 5.21. The van der Waals surface area contributed by atoms with E-state index >= 15 is 0 Å². The second kappa shape index (κ2) is 6.77. The van der Waals surface area contributed by atoms with Crippen LogP contribution >= 0.6 is 23.2 Å². The van der Waals surface area contributed by atoms with Gasteiger partial charge in [-0.1, -0.05) is 40.9 Å². The lowest BCUT2D eigenvalue weighted by molar-refractivity contribution is 0.312. The summed E-state index contributed by atoms with van der Waals surface area (Å²) in [5.41, 5.74) is 7.57. The van der Waals surface area contributed by atoms with Crippen LogP contribution in [-0.4, -0.2) is 23.1 Å². The number of nitrogens with zero attached hydrogens (tertiary/aromatic N) is 2. The lowest BCUT2D eigenvalue weighted by Crippen LogP contribution is -2.26. The van der Waals surface area contributed by atoms with E-state index in [9.17, 15) is 0 Å². The molecule has 2 heterocycles. The molecule has 2 aromatic carbocycles. The highest BCUT2D eigenvalue weighted by atomic mass is 35.5. The van der Waals surface area contributed by atoms with Gasteiger partial charge in [0.2, 0.25) is 0 Å². The third kappa shape index (κ3) is 3.07. The molecule has 2 nitrogen and oxygen atoms in total. The third-order valence-corrected chi connectivity index (χ3v) is 5.76. The Bertz CT molecular complexity index is 1030. The summed E-state index contributed by atoms with van der Waals surface area (Å²) >= 11 is 12.5. The van der Waals surface area contributed by atoms with Crippen LogP contribution in [0.2, 0.25) is 10.0 Å². The molecule has 0 saturated heterocycles. The van der Waals surface area contributed by atoms with Crippen LogP contribution in [0.25, 0.3) is 22.7 Å². The molecule has 0 unspecified atom stereocenters. The first-order chi connectivity index (χ1) is 12.4. The van der Waals surface area contributed by atoms with Gasteiger partial charge in [-0.2, -0.15) is 0 Å². The number of likely N-dealkylation sites (N-methyl/N-ethyl adjacent to an activating group) is 1. The zero-order chi connectivity index (χ0) is 18.4. The van der Waals surface area contributed by atoms with Crippen LogP contribution in [0.4, 0.5) is 0 Å². The molecule has 0 amide bonds. The van der Waals surface area contributed by atoms with Crippen LogP contribution in [0.5, 0.6) is 0 Å². The van der Waals surface area contributed by atoms with Crippen LogP contribution in [0.1, 0.15) is 29.3 Å². The van der Waals surface area contributed by atoms with Crippen molar-refractivity contribution < 1.29 is 0 Å². The van der Waals surface area contributed by atoms with Gasteiger partial charge in [0.1, 0.15) is 0 Å². The van der Waals surface area contributed by atoms with E-state index in [-0.39, 0.29) is 0 Å². The Morgan fingerprint density at radius 1 is 1.12 bits per heavy atom.